The third-order valence-corrected chi connectivity index (χ3v) is 6.26. The lowest BCUT2D eigenvalue weighted by Crippen LogP contribution is -2.50. The Bertz CT molecular complexity index is 810. The van der Waals surface area contributed by atoms with E-state index in [1.807, 2.05) is 30.3 Å². The largest absolute Gasteiger partial charge is 0.265 e. The molecule has 6 nitrogen and oxygen atoms in total. The summed E-state index contributed by atoms with van der Waals surface area (Å²) < 4.78 is 0. The summed E-state index contributed by atoms with van der Waals surface area (Å²) in [4.78, 5) is 15.0. The van der Waals surface area contributed by atoms with Crippen LogP contribution in [0.15, 0.2) is 36.7 Å². The second-order valence-electron chi connectivity index (χ2n) is 7.62. The van der Waals surface area contributed by atoms with E-state index >= 15 is 0 Å². The molecule has 4 fully saturated rings. The zero-order chi connectivity index (χ0) is 17.6. The lowest BCUT2D eigenvalue weighted by molar-refractivity contribution is -0.235. The van der Waals surface area contributed by atoms with E-state index < -0.39 is 0 Å². The molecule has 0 unspecified atom stereocenters. The lowest BCUT2D eigenvalue weighted by Gasteiger charge is -2.47. The van der Waals surface area contributed by atoms with Gasteiger partial charge < -0.3 is 0 Å². The third-order valence-electron chi connectivity index (χ3n) is 6.02. The maximum Gasteiger partial charge on any atom is 0.147 e. The monoisotopic (exact) mass is 371 g/mol. The van der Waals surface area contributed by atoms with Crippen LogP contribution in [0, 0.1) is 11.8 Å². The van der Waals surface area contributed by atoms with Gasteiger partial charge in [-0.25, -0.2) is 15.4 Å². The normalized spacial score (nSPS) is 30.8. The smallest absolute Gasteiger partial charge is 0.147 e. The minimum absolute atomic E-state index is 0.0585. The number of hydrazine groups is 2. The highest BCUT2D eigenvalue weighted by molar-refractivity contribution is 6.30. The molecule has 0 radical (unpaired) electrons. The number of hydrogen-bond acceptors (Lipinski definition) is 6. The molecule has 0 amide bonds. The molecule has 136 valence electrons. The van der Waals surface area contributed by atoms with Crippen LogP contribution in [0.5, 0.6) is 0 Å². The van der Waals surface area contributed by atoms with Crippen LogP contribution < -0.4 is 10.9 Å². The van der Waals surface area contributed by atoms with Gasteiger partial charge >= 0.3 is 0 Å². The second kappa shape index (κ2) is 6.46. The van der Waals surface area contributed by atoms with Gasteiger partial charge in [-0.3, -0.25) is 10.3 Å². The summed E-state index contributed by atoms with van der Waals surface area (Å²) in [5.41, 5.74) is 8.26. The van der Waals surface area contributed by atoms with Crippen molar-refractivity contribution >= 4 is 17.4 Å². The molecule has 2 bridgehead atoms. The molecule has 1 aliphatic heterocycles. The highest BCUT2D eigenvalue weighted by Gasteiger charge is 2.52. The van der Waals surface area contributed by atoms with Gasteiger partial charge in [-0.05, 0) is 61.4 Å². The van der Waals surface area contributed by atoms with Crippen molar-refractivity contribution in [2.75, 3.05) is 12.0 Å². The number of halogens is 1. The molecular formula is C19H22ClN5O. The van der Waals surface area contributed by atoms with Crippen molar-refractivity contribution < 1.29 is 4.84 Å². The van der Waals surface area contributed by atoms with Gasteiger partial charge in [0.2, 0.25) is 0 Å². The molecule has 1 aromatic heterocycles. The first kappa shape index (κ1) is 16.4. The van der Waals surface area contributed by atoms with E-state index in [1.54, 1.807) is 11.6 Å². The van der Waals surface area contributed by atoms with Crippen molar-refractivity contribution in [1.82, 2.24) is 20.7 Å². The van der Waals surface area contributed by atoms with Crippen LogP contribution in [0.1, 0.15) is 32.1 Å². The average Bonchev–Trinajstić information content (AvgIpc) is 3.05. The fraction of sp³-hybridized carbons (Fsp3) is 0.474. The number of fused-ring (bicyclic) bond motifs is 2. The average molecular weight is 372 g/mol. The van der Waals surface area contributed by atoms with E-state index in [0.717, 1.165) is 30.1 Å². The Hall–Kier alpha value is -1.73. The minimum Gasteiger partial charge on any atom is -0.265 e. The quantitative estimate of drug-likeness (QED) is 0.855. The van der Waals surface area contributed by atoms with E-state index in [9.17, 15) is 0 Å². The zero-order valence-corrected chi connectivity index (χ0v) is 15.2. The van der Waals surface area contributed by atoms with Gasteiger partial charge in [-0.2, -0.15) is 0 Å². The van der Waals surface area contributed by atoms with Crippen LogP contribution in [0.25, 0.3) is 11.3 Å². The molecule has 1 saturated heterocycles. The van der Waals surface area contributed by atoms with Gasteiger partial charge in [0.05, 0.1) is 5.69 Å². The van der Waals surface area contributed by atoms with Crippen molar-refractivity contribution in [2.24, 2.45) is 11.8 Å². The molecule has 6 rings (SSSR count). The Kier molecular flexibility index (Phi) is 4.09. The molecule has 1 atom stereocenters. The summed E-state index contributed by atoms with van der Waals surface area (Å²) in [6, 6.07) is 9.54. The first-order valence-electron chi connectivity index (χ1n) is 9.28. The summed E-state index contributed by atoms with van der Waals surface area (Å²) in [6.45, 7) is 0.855. The molecule has 1 aromatic carbocycles. The van der Waals surface area contributed by atoms with Crippen LogP contribution in [-0.4, -0.2) is 27.4 Å². The fourth-order valence-electron chi connectivity index (χ4n) is 4.72. The number of hydrogen-bond donors (Lipinski definition) is 2. The topological polar surface area (TPSA) is 62.3 Å². The van der Waals surface area contributed by atoms with E-state index in [2.05, 4.69) is 20.8 Å². The van der Waals surface area contributed by atoms with Crippen LogP contribution in [-0.2, 0) is 4.84 Å². The number of anilines is 1. The second-order valence-corrected chi connectivity index (χ2v) is 8.05. The molecule has 1 spiro atoms. The van der Waals surface area contributed by atoms with Crippen molar-refractivity contribution in [2.45, 2.75) is 37.7 Å². The number of benzene rings is 1. The molecule has 2 N–H and O–H groups in total. The molecule has 3 saturated carbocycles. The Labute approximate surface area is 157 Å². The molecule has 3 aliphatic carbocycles. The van der Waals surface area contributed by atoms with Gasteiger partial charge in [-0.1, -0.05) is 23.7 Å². The van der Waals surface area contributed by atoms with Gasteiger partial charge in [0.15, 0.2) is 0 Å². The first-order chi connectivity index (χ1) is 12.7. The zero-order valence-electron chi connectivity index (χ0n) is 14.5. The van der Waals surface area contributed by atoms with Crippen molar-refractivity contribution in [3.8, 4) is 11.3 Å². The Morgan fingerprint density at radius 2 is 2.08 bits per heavy atom. The highest BCUT2D eigenvalue weighted by atomic mass is 35.5. The molecule has 7 heteroatoms. The molecule has 26 heavy (non-hydrogen) atoms. The van der Waals surface area contributed by atoms with Crippen LogP contribution in [0.2, 0.25) is 5.02 Å². The van der Waals surface area contributed by atoms with E-state index in [1.165, 1.54) is 25.7 Å². The number of rotatable bonds is 3. The Morgan fingerprint density at radius 3 is 2.85 bits per heavy atom. The van der Waals surface area contributed by atoms with Crippen LogP contribution in [0.3, 0.4) is 0 Å². The molecular weight excluding hydrogens is 350 g/mol. The highest BCUT2D eigenvalue weighted by Crippen LogP contribution is 2.50. The van der Waals surface area contributed by atoms with Gasteiger partial charge in [0, 0.05) is 23.2 Å². The number of nitrogens with zero attached hydrogens (tertiary/aromatic N) is 3. The van der Waals surface area contributed by atoms with Crippen LogP contribution >= 0.6 is 11.6 Å². The van der Waals surface area contributed by atoms with E-state index in [0.29, 0.717) is 16.8 Å². The summed E-state index contributed by atoms with van der Waals surface area (Å²) in [7, 11) is 0. The van der Waals surface area contributed by atoms with Gasteiger partial charge in [0.1, 0.15) is 17.7 Å². The van der Waals surface area contributed by atoms with Crippen molar-refractivity contribution in [3.63, 3.8) is 0 Å². The summed E-state index contributed by atoms with van der Waals surface area (Å²) in [6.07, 6.45) is 7.99. The predicted octanol–water partition coefficient (Wildman–Crippen LogP) is 3.82. The molecule has 2 aromatic rings. The Balaban J connectivity index is 1.31. The van der Waals surface area contributed by atoms with Crippen molar-refractivity contribution in [3.05, 3.63) is 41.7 Å². The minimum atomic E-state index is -0.0585. The van der Waals surface area contributed by atoms with Gasteiger partial charge in [0.25, 0.3) is 0 Å². The number of nitrogens with one attached hydrogen (secondary N) is 2. The number of aromatic nitrogens is 2. The maximum absolute atomic E-state index is 6.32. The molecule has 4 aliphatic rings. The standard InChI is InChI=1S/C19H22ClN5O/c20-16-3-1-2-14(8-16)17-9-18(22-12-21-17)24-25-23-11-19(26-25)10-13-4-6-15(19)7-5-13/h1-3,8-9,12-13,15,23H,4-7,10-11H2,(H,21,22,24)/t13?,15?,19-/m0/s1. The van der Waals surface area contributed by atoms with Crippen LogP contribution in [0.4, 0.5) is 5.82 Å². The summed E-state index contributed by atoms with van der Waals surface area (Å²) in [5.74, 6) is 2.15. The van der Waals surface area contributed by atoms with Crippen molar-refractivity contribution in [1.29, 1.82) is 0 Å². The third kappa shape index (κ3) is 2.97. The SMILES string of the molecule is Clc1cccc(-c2cc(NN3NC[C@]4(CC5CCC4CC5)O3)ncn2)c1. The Morgan fingerprint density at radius 1 is 1.19 bits per heavy atom. The lowest BCUT2D eigenvalue weighted by atomic mass is 9.62. The van der Waals surface area contributed by atoms with E-state index in [4.69, 9.17) is 16.4 Å². The summed E-state index contributed by atoms with van der Waals surface area (Å²) in [5, 5.41) is 2.32. The fourth-order valence-corrected chi connectivity index (χ4v) is 4.91. The van der Waals surface area contributed by atoms with Gasteiger partial charge in [-0.15, -0.1) is 0 Å². The first-order valence-corrected chi connectivity index (χ1v) is 9.65. The molecule has 2 heterocycles. The predicted molar refractivity (Wildman–Crippen MR) is 99.8 cm³/mol. The van der Waals surface area contributed by atoms with E-state index in [-0.39, 0.29) is 5.60 Å². The summed E-state index contributed by atoms with van der Waals surface area (Å²) >= 11 is 6.09. The maximum atomic E-state index is 6.32.